The fourth-order valence-electron chi connectivity index (χ4n) is 3.19. The summed E-state index contributed by atoms with van der Waals surface area (Å²) in [5.41, 5.74) is 6.10. The number of hydrogen-bond donors (Lipinski definition) is 1. The summed E-state index contributed by atoms with van der Waals surface area (Å²) in [7, 11) is 0. The van der Waals surface area contributed by atoms with Crippen molar-refractivity contribution in [3.05, 3.63) is 106 Å². The smallest absolute Gasteiger partial charge is 0.271 e. The van der Waals surface area contributed by atoms with E-state index in [1.807, 2.05) is 54.6 Å². The van der Waals surface area contributed by atoms with Crippen LogP contribution in [0.5, 0.6) is 5.75 Å². The maximum absolute atomic E-state index is 12.4. The molecule has 4 nitrogen and oxygen atoms in total. The van der Waals surface area contributed by atoms with Crippen molar-refractivity contribution in [3.63, 3.8) is 0 Å². The number of aryl methyl sites for hydroxylation is 2. The van der Waals surface area contributed by atoms with Crippen LogP contribution in [0.25, 0.3) is 10.6 Å². The third-order valence-electron chi connectivity index (χ3n) is 5.03. The first kappa shape index (κ1) is 20.8. The van der Waals surface area contributed by atoms with Crippen molar-refractivity contribution < 1.29 is 9.53 Å². The van der Waals surface area contributed by atoms with Crippen LogP contribution in [0.1, 0.15) is 32.7 Å². The topological polar surface area (TPSA) is 51.2 Å². The quantitative estimate of drug-likeness (QED) is 0.397. The van der Waals surface area contributed by atoms with Gasteiger partial charge in [-0.25, -0.2) is 4.98 Å². The Morgan fingerprint density at radius 1 is 1.00 bits per heavy atom. The number of amides is 1. The van der Waals surface area contributed by atoms with Gasteiger partial charge in [-0.15, -0.1) is 11.3 Å². The summed E-state index contributed by atoms with van der Waals surface area (Å²) in [5.74, 6) is 0.641. The molecular formula is C26H24N2O2S. The molecule has 1 heterocycles. The van der Waals surface area contributed by atoms with Crippen LogP contribution in [-0.4, -0.2) is 10.9 Å². The van der Waals surface area contributed by atoms with Gasteiger partial charge in [-0.05, 0) is 54.8 Å². The van der Waals surface area contributed by atoms with E-state index in [1.54, 1.807) is 5.38 Å². The Bertz CT molecular complexity index is 1170. The lowest BCUT2D eigenvalue weighted by Gasteiger charge is -2.10. The first-order chi connectivity index (χ1) is 15.1. The molecular weight excluding hydrogens is 404 g/mol. The number of carbonyl (C=O) groups excluding carboxylic acids is 1. The first-order valence-electron chi connectivity index (χ1n) is 10.2. The summed E-state index contributed by atoms with van der Waals surface area (Å²) < 4.78 is 5.96. The second-order valence-corrected chi connectivity index (χ2v) is 8.31. The molecule has 0 aliphatic rings. The van der Waals surface area contributed by atoms with E-state index in [4.69, 9.17) is 4.74 Å². The van der Waals surface area contributed by atoms with Gasteiger partial charge in [-0.3, -0.25) is 4.79 Å². The Morgan fingerprint density at radius 2 is 1.77 bits per heavy atom. The molecule has 0 saturated heterocycles. The van der Waals surface area contributed by atoms with Crippen LogP contribution in [0, 0.1) is 13.8 Å². The van der Waals surface area contributed by atoms with E-state index in [1.165, 1.54) is 28.0 Å². The molecule has 0 aliphatic carbocycles. The van der Waals surface area contributed by atoms with Crippen LogP contribution < -0.4 is 10.1 Å². The fraction of sp³-hybridized carbons (Fsp3) is 0.154. The molecule has 3 aromatic carbocycles. The van der Waals surface area contributed by atoms with Crippen molar-refractivity contribution in [2.24, 2.45) is 0 Å². The summed E-state index contributed by atoms with van der Waals surface area (Å²) >= 11 is 1.46. The molecule has 0 atom stereocenters. The van der Waals surface area contributed by atoms with Crippen LogP contribution in [0.2, 0.25) is 0 Å². The minimum Gasteiger partial charge on any atom is -0.489 e. The summed E-state index contributed by atoms with van der Waals surface area (Å²) in [6.45, 7) is 5.20. The van der Waals surface area contributed by atoms with Gasteiger partial charge in [-0.2, -0.15) is 0 Å². The molecule has 4 aromatic rings. The van der Waals surface area contributed by atoms with Crippen molar-refractivity contribution in [1.82, 2.24) is 10.3 Å². The highest BCUT2D eigenvalue weighted by Crippen LogP contribution is 2.26. The number of thiazole rings is 1. The van der Waals surface area contributed by atoms with Gasteiger partial charge in [0, 0.05) is 17.5 Å². The van der Waals surface area contributed by atoms with Gasteiger partial charge in [0.15, 0.2) is 0 Å². The van der Waals surface area contributed by atoms with Crippen LogP contribution in [0.4, 0.5) is 0 Å². The van der Waals surface area contributed by atoms with Crippen LogP contribution in [0.15, 0.2) is 78.2 Å². The molecule has 0 radical (unpaired) electrons. The minimum atomic E-state index is -0.167. The van der Waals surface area contributed by atoms with E-state index in [9.17, 15) is 4.79 Å². The first-order valence-corrected chi connectivity index (χ1v) is 11.0. The highest BCUT2D eigenvalue weighted by atomic mass is 32.1. The number of carbonyl (C=O) groups is 1. The summed E-state index contributed by atoms with van der Waals surface area (Å²) in [6, 6.07) is 24.1. The zero-order valence-corrected chi connectivity index (χ0v) is 18.4. The Balaban J connectivity index is 1.36. The van der Waals surface area contributed by atoms with E-state index in [2.05, 4.69) is 42.3 Å². The third-order valence-corrected chi connectivity index (χ3v) is 5.92. The van der Waals surface area contributed by atoms with E-state index >= 15 is 0 Å². The lowest BCUT2D eigenvalue weighted by atomic mass is 10.1. The average molecular weight is 429 g/mol. The molecule has 1 amide bonds. The van der Waals surface area contributed by atoms with E-state index < -0.39 is 0 Å². The van der Waals surface area contributed by atoms with E-state index in [0.29, 0.717) is 18.8 Å². The van der Waals surface area contributed by atoms with Gasteiger partial charge in [0.1, 0.15) is 23.1 Å². The molecule has 0 aliphatic heterocycles. The number of hydrogen-bond acceptors (Lipinski definition) is 4. The molecule has 4 rings (SSSR count). The Kier molecular flexibility index (Phi) is 6.43. The minimum absolute atomic E-state index is 0.167. The zero-order valence-electron chi connectivity index (χ0n) is 17.6. The zero-order chi connectivity index (χ0) is 21.6. The standard InChI is InChI=1S/C26H24N2O2S/c1-18-8-9-19(2)22(14-18)16-30-23-12-10-21(11-13-23)26-28-24(17-31-26)25(29)27-15-20-6-4-3-5-7-20/h3-14,17H,15-16H2,1-2H3,(H,27,29). The lowest BCUT2D eigenvalue weighted by molar-refractivity contribution is 0.0946. The number of rotatable bonds is 7. The van der Waals surface area contributed by atoms with Crippen molar-refractivity contribution in [1.29, 1.82) is 0 Å². The third kappa shape index (κ3) is 5.38. The van der Waals surface area contributed by atoms with Crippen molar-refractivity contribution in [2.45, 2.75) is 27.0 Å². The molecule has 5 heteroatoms. The van der Waals surface area contributed by atoms with Crippen LogP contribution in [0.3, 0.4) is 0 Å². The Morgan fingerprint density at radius 3 is 2.55 bits per heavy atom. The monoisotopic (exact) mass is 428 g/mol. The highest BCUT2D eigenvalue weighted by molar-refractivity contribution is 7.13. The Labute approximate surface area is 186 Å². The fourth-order valence-corrected chi connectivity index (χ4v) is 4.00. The summed E-state index contributed by atoms with van der Waals surface area (Å²) in [4.78, 5) is 16.9. The largest absolute Gasteiger partial charge is 0.489 e. The predicted molar refractivity (Wildman–Crippen MR) is 125 cm³/mol. The van der Waals surface area contributed by atoms with E-state index in [0.717, 1.165) is 21.9 Å². The van der Waals surface area contributed by atoms with Gasteiger partial charge in [0.2, 0.25) is 0 Å². The van der Waals surface area contributed by atoms with Gasteiger partial charge >= 0.3 is 0 Å². The van der Waals surface area contributed by atoms with Gasteiger partial charge in [0.05, 0.1) is 0 Å². The molecule has 31 heavy (non-hydrogen) atoms. The van der Waals surface area contributed by atoms with Crippen LogP contribution in [-0.2, 0) is 13.2 Å². The summed E-state index contributed by atoms with van der Waals surface area (Å²) in [5, 5.41) is 5.52. The number of ether oxygens (including phenoxy) is 1. The van der Waals surface area contributed by atoms with Crippen LogP contribution >= 0.6 is 11.3 Å². The maximum Gasteiger partial charge on any atom is 0.271 e. The van der Waals surface area contributed by atoms with Crippen molar-refractivity contribution in [2.75, 3.05) is 0 Å². The van der Waals surface area contributed by atoms with Gasteiger partial charge < -0.3 is 10.1 Å². The highest BCUT2D eigenvalue weighted by Gasteiger charge is 2.12. The van der Waals surface area contributed by atoms with Crippen molar-refractivity contribution >= 4 is 17.2 Å². The van der Waals surface area contributed by atoms with Gasteiger partial charge in [0.25, 0.3) is 5.91 Å². The number of benzene rings is 3. The SMILES string of the molecule is Cc1ccc(C)c(COc2ccc(-c3nc(C(=O)NCc4ccccc4)cs3)cc2)c1. The van der Waals surface area contributed by atoms with E-state index in [-0.39, 0.29) is 5.91 Å². The number of aromatic nitrogens is 1. The molecule has 0 bridgehead atoms. The average Bonchev–Trinajstić information content (AvgIpc) is 3.29. The number of nitrogens with one attached hydrogen (secondary N) is 1. The number of nitrogens with zero attached hydrogens (tertiary/aromatic N) is 1. The molecule has 0 unspecified atom stereocenters. The second kappa shape index (κ2) is 9.58. The molecule has 0 spiro atoms. The lowest BCUT2D eigenvalue weighted by Crippen LogP contribution is -2.23. The summed E-state index contributed by atoms with van der Waals surface area (Å²) in [6.07, 6.45) is 0. The van der Waals surface area contributed by atoms with Crippen molar-refractivity contribution in [3.8, 4) is 16.3 Å². The maximum atomic E-state index is 12.4. The molecule has 0 fully saturated rings. The molecule has 1 N–H and O–H groups in total. The Hall–Kier alpha value is -3.44. The van der Waals surface area contributed by atoms with Gasteiger partial charge in [-0.1, -0.05) is 54.1 Å². The molecule has 1 aromatic heterocycles. The molecule has 156 valence electrons. The normalized spacial score (nSPS) is 10.6. The molecule has 0 saturated carbocycles. The second-order valence-electron chi connectivity index (χ2n) is 7.45. The predicted octanol–water partition coefficient (Wildman–Crippen LogP) is 5.94.